The highest BCUT2D eigenvalue weighted by Crippen LogP contribution is 2.14. The summed E-state index contributed by atoms with van der Waals surface area (Å²) >= 11 is 0. The molecule has 0 radical (unpaired) electrons. The first kappa shape index (κ1) is 17.7. The Morgan fingerprint density at radius 3 is 2.16 bits per heavy atom. The van der Waals surface area contributed by atoms with Crippen LogP contribution >= 0.6 is 0 Å². The van der Waals surface area contributed by atoms with Gasteiger partial charge in [0.2, 0.25) is 0 Å². The number of hydrogen-bond donors (Lipinski definition) is 3. The number of aliphatic hydroxyl groups excluding tert-OH is 1. The van der Waals surface area contributed by atoms with Crippen molar-refractivity contribution < 1.29 is 19.8 Å². The predicted molar refractivity (Wildman–Crippen MR) is 73.0 cm³/mol. The van der Waals surface area contributed by atoms with Gasteiger partial charge in [-0.2, -0.15) is 0 Å². The standard InChI is InChI=1S/C13H26N2O4/c1-5-10(6-2)15(7-8-16)12(19)14-9-13(3,4)11(17)18/h10,16H,5-9H2,1-4H3,(H,14,19)(H,17,18). The van der Waals surface area contributed by atoms with Crippen molar-refractivity contribution in [2.75, 3.05) is 19.7 Å². The van der Waals surface area contributed by atoms with Crippen molar-refractivity contribution >= 4 is 12.0 Å². The molecule has 2 amide bonds. The fourth-order valence-electron chi connectivity index (χ4n) is 1.76. The molecule has 0 saturated carbocycles. The molecule has 0 bridgehead atoms. The number of carbonyl (C=O) groups excluding carboxylic acids is 1. The minimum Gasteiger partial charge on any atom is -0.481 e. The van der Waals surface area contributed by atoms with E-state index in [0.717, 1.165) is 12.8 Å². The van der Waals surface area contributed by atoms with Crippen LogP contribution in [0.1, 0.15) is 40.5 Å². The Balaban J connectivity index is 4.61. The number of carboxylic acids is 1. The van der Waals surface area contributed by atoms with E-state index in [1.54, 1.807) is 18.7 Å². The Morgan fingerprint density at radius 2 is 1.79 bits per heavy atom. The van der Waals surface area contributed by atoms with Crippen LogP contribution in [0.4, 0.5) is 4.79 Å². The largest absolute Gasteiger partial charge is 0.481 e. The highest BCUT2D eigenvalue weighted by Gasteiger charge is 2.29. The van der Waals surface area contributed by atoms with Crippen LogP contribution in [0.5, 0.6) is 0 Å². The maximum Gasteiger partial charge on any atom is 0.317 e. The maximum atomic E-state index is 12.1. The minimum atomic E-state index is -1.01. The van der Waals surface area contributed by atoms with Crippen LogP contribution < -0.4 is 5.32 Å². The van der Waals surface area contributed by atoms with Crippen molar-refractivity contribution in [3.63, 3.8) is 0 Å². The van der Waals surface area contributed by atoms with E-state index in [1.807, 2.05) is 13.8 Å². The highest BCUT2D eigenvalue weighted by molar-refractivity contribution is 5.77. The van der Waals surface area contributed by atoms with Gasteiger partial charge < -0.3 is 20.4 Å². The molecule has 0 heterocycles. The number of carbonyl (C=O) groups is 2. The number of aliphatic carboxylic acids is 1. The van der Waals surface area contributed by atoms with Gasteiger partial charge in [0.25, 0.3) is 0 Å². The molecule has 0 saturated heterocycles. The number of carboxylic acid groups (broad SMARTS) is 1. The lowest BCUT2D eigenvalue weighted by Crippen LogP contribution is -2.50. The van der Waals surface area contributed by atoms with E-state index in [9.17, 15) is 9.59 Å². The third-order valence-electron chi connectivity index (χ3n) is 3.25. The summed E-state index contributed by atoms with van der Waals surface area (Å²) in [5.41, 5.74) is -1.01. The molecule has 0 unspecified atom stereocenters. The first-order valence-electron chi connectivity index (χ1n) is 6.68. The van der Waals surface area contributed by atoms with Gasteiger partial charge in [-0.05, 0) is 26.7 Å². The van der Waals surface area contributed by atoms with E-state index in [2.05, 4.69) is 5.32 Å². The summed E-state index contributed by atoms with van der Waals surface area (Å²) in [4.78, 5) is 24.6. The average molecular weight is 274 g/mol. The molecular weight excluding hydrogens is 248 g/mol. The summed E-state index contributed by atoms with van der Waals surface area (Å²) in [6.45, 7) is 7.29. The second kappa shape index (κ2) is 7.99. The summed E-state index contributed by atoms with van der Waals surface area (Å²) < 4.78 is 0. The fourth-order valence-corrected chi connectivity index (χ4v) is 1.76. The Bertz CT molecular complexity index is 301. The zero-order chi connectivity index (χ0) is 15.1. The minimum absolute atomic E-state index is 0.0556. The van der Waals surface area contributed by atoms with Crippen LogP contribution in [0.25, 0.3) is 0 Å². The lowest BCUT2D eigenvalue weighted by molar-refractivity contribution is -0.146. The maximum absolute atomic E-state index is 12.1. The van der Waals surface area contributed by atoms with Crippen LogP contribution in [0.3, 0.4) is 0 Å². The van der Waals surface area contributed by atoms with Crippen LogP contribution in [-0.2, 0) is 4.79 Å². The molecule has 19 heavy (non-hydrogen) atoms. The molecule has 6 heteroatoms. The summed E-state index contributed by atoms with van der Waals surface area (Å²) in [6.07, 6.45) is 1.60. The van der Waals surface area contributed by atoms with Crippen molar-refractivity contribution in [1.29, 1.82) is 0 Å². The monoisotopic (exact) mass is 274 g/mol. The summed E-state index contributed by atoms with van der Waals surface area (Å²) in [7, 11) is 0. The molecule has 0 aromatic rings. The van der Waals surface area contributed by atoms with Crippen molar-refractivity contribution in [1.82, 2.24) is 10.2 Å². The molecule has 6 nitrogen and oxygen atoms in total. The van der Waals surface area contributed by atoms with Crippen LogP contribution in [0, 0.1) is 5.41 Å². The molecule has 0 atom stereocenters. The van der Waals surface area contributed by atoms with Gasteiger partial charge in [0, 0.05) is 19.1 Å². The molecule has 0 aliphatic rings. The fraction of sp³-hybridized carbons (Fsp3) is 0.846. The normalized spacial score (nSPS) is 11.5. The van der Waals surface area contributed by atoms with Crippen molar-refractivity contribution in [2.24, 2.45) is 5.41 Å². The Labute approximate surface area is 114 Å². The summed E-state index contributed by atoms with van der Waals surface area (Å²) in [5, 5.41) is 20.7. The van der Waals surface area contributed by atoms with Gasteiger partial charge in [0.15, 0.2) is 0 Å². The highest BCUT2D eigenvalue weighted by atomic mass is 16.4. The molecular formula is C13H26N2O4. The zero-order valence-electron chi connectivity index (χ0n) is 12.3. The first-order valence-corrected chi connectivity index (χ1v) is 6.68. The SMILES string of the molecule is CCC(CC)N(CCO)C(=O)NCC(C)(C)C(=O)O. The quantitative estimate of drug-likeness (QED) is 0.622. The molecule has 3 N–H and O–H groups in total. The zero-order valence-corrected chi connectivity index (χ0v) is 12.3. The Hall–Kier alpha value is -1.30. The first-order chi connectivity index (χ1) is 8.80. The Kier molecular flexibility index (Phi) is 7.44. The number of aliphatic hydroxyl groups is 1. The van der Waals surface area contributed by atoms with E-state index in [4.69, 9.17) is 10.2 Å². The third-order valence-corrected chi connectivity index (χ3v) is 3.25. The van der Waals surface area contributed by atoms with E-state index in [0.29, 0.717) is 0 Å². The van der Waals surface area contributed by atoms with E-state index in [1.165, 1.54) is 0 Å². The third kappa shape index (κ3) is 5.46. The number of urea groups is 1. The van der Waals surface area contributed by atoms with Gasteiger partial charge in [0.1, 0.15) is 0 Å². The number of nitrogens with zero attached hydrogens (tertiary/aromatic N) is 1. The van der Waals surface area contributed by atoms with Crippen LogP contribution in [0.15, 0.2) is 0 Å². The summed E-state index contributed by atoms with van der Waals surface area (Å²) in [5.74, 6) is -0.955. The van der Waals surface area contributed by atoms with E-state index < -0.39 is 11.4 Å². The lowest BCUT2D eigenvalue weighted by atomic mass is 9.94. The van der Waals surface area contributed by atoms with E-state index >= 15 is 0 Å². The lowest BCUT2D eigenvalue weighted by Gasteiger charge is -2.31. The van der Waals surface area contributed by atoms with Crippen molar-refractivity contribution in [3.05, 3.63) is 0 Å². The number of amides is 2. The van der Waals surface area contributed by atoms with Crippen LogP contribution in [0.2, 0.25) is 0 Å². The molecule has 0 spiro atoms. The predicted octanol–water partition coefficient (Wildman–Crippen LogP) is 1.29. The van der Waals surface area contributed by atoms with Gasteiger partial charge in [-0.3, -0.25) is 4.79 Å². The molecule has 0 aliphatic heterocycles. The van der Waals surface area contributed by atoms with Crippen molar-refractivity contribution in [2.45, 2.75) is 46.6 Å². The second-order valence-electron chi connectivity index (χ2n) is 5.24. The number of rotatable bonds is 8. The van der Waals surface area contributed by atoms with Gasteiger partial charge >= 0.3 is 12.0 Å². The van der Waals surface area contributed by atoms with E-state index in [-0.39, 0.29) is 31.8 Å². The second-order valence-corrected chi connectivity index (χ2v) is 5.24. The molecule has 0 aromatic heterocycles. The van der Waals surface area contributed by atoms with Crippen LogP contribution in [-0.4, -0.2) is 52.9 Å². The smallest absolute Gasteiger partial charge is 0.317 e. The molecule has 0 fully saturated rings. The van der Waals surface area contributed by atoms with Gasteiger partial charge in [-0.15, -0.1) is 0 Å². The molecule has 0 rings (SSSR count). The number of hydrogen-bond acceptors (Lipinski definition) is 3. The molecule has 0 aliphatic carbocycles. The van der Waals surface area contributed by atoms with Gasteiger partial charge in [0.05, 0.1) is 12.0 Å². The van der Waals surface area contributed by atoms with Gasteiger partial charge in [-0.1, -0.05) is 13.8 Å². The number of nitrogens with one attached hydrogen (secondary N) is 1. The molecule has 112 valence electrons. The summed E-state index contributed by atoms with van der Waals surface area (Å²) in [6, 6.07) is -0.267. The average Bonchev–Trinajstić information content (AvgIpc) is 2.36. The Morgan fingerprint density at radius 1 is 1.26 bits per heavy atom. The van der Waals surface area contributed by atoms with Gasteiger partial charge in [-0.25, -0.2) is 4.79 Å². The topological polar surface area (TPSA) is 89.9 Å². The van der Waals surface area contributed by atoms with Crippen molar-refractivity contribution in [3.8, 4) is 0 Å². The molecule has 0 aromatic carbocycles.